The van der Waals surface area contributed by atoms with Crippen LogP contribution in [0.3, 0.4) is 0 Å². The molecule has 0 aromatic rings. The summed E-state index contributed by atoms with van der Waals surface area (Å²) in [5.41, 5.74) is 0. The van der Waals surface area contributed by atoms with Crippen molar-refractivity contribution in [3.63, 3.8) is 0 Å². The van der Waals surface area contributed by atoms with Gasteiger partial charge < -0.3 is 4.74 Å². The van der Waals surface area contributed by atoms with E-state index in [0.29, 0.717) is 0 Å². The van der Waals surface area contributed by atoms with E-state index >= 15 is 0 Å². The van der Waals surface area contributed by atoms with Gasteiger partial charge >= 0.3 is 0 Å². The van der Waals surface area contributed by atoms with E-state index in [1.54, 1.807) is 11.8 Å². The fourth-order valence-corrected chi connectivity index (χ4v) is 1.13. The van der Waals surface area contributed by atoms with Crippen LogP contribution >= 0.6 is 11.8 Å². The number of rotatable bonds is 1. The average Bonchev–Trinajstić information content (AvgIpc) is 2.19. The Balaban J connectivity index is 2.33. The van der Waals surface area contributed by atoms with E-state index in [0.717, 1.165) is 17.5 Å². The van der Waals surface area contributed by atoms with Gasteiger partial charge in [-0.1, -0.05) is 18.3 Å². The summed E-state index contributed by atoms with van der Waals surface area (Å²) in [5, 5.41) is 0.750. The monoisotopic (exact) mass is 129 g/mol. The van der Waals surface area contributed by atoms with Crippen molar-refractivity contribution in [2.75, 3.05) is 12.3 Å². The second kappa shape index (κ2) is 2.77. The maximum Gasteiger partial charge on any atom is 0.250 e. The standard InChI is InChI=1S/C5H7NOS/c1-2-7-5-6-3-4-8-5/h2H,1,3-4H2. The van der Waals surface area contributed by atoms with Gasteiger partial charge in [-0.2, -0.15) is 0 Å². The number of ether oxygens (including phenoxy) is 1. The summed E-state index contributed by atoms with van der Waals surface area (Å²) in [6.45, 7) is 4.29. The van der Waals surface area contributed by atoms with Crippen LogP contribution in [-0.2, 0) is 4.74 Å². The molecule has 0 amide bonds. The molecule has 0 atom stereocenters. The molecular formula is C5H7NOS. The number of thioether (sulfide) groups is 1. The van der Waals surface area contributed by atoms with Crippen molar-refractivity contribution < 1.29 is 4.74 Å². The molecule has 0 unspecified atom stereocenters. The largest absolute Gasteiger partial charge is 0.443 e. The minimum absolute atomic E-state index is 0.750. The number of nitrogens with zero attached hydrogens (tertiary/aromatic N) is 1. The topological polar surface area (TPSA) is 21.6 Å². The molecule has 0 aliphatic carbocycles. The lowest BCUT2D eigenvalue weighted by Crippen LogP contribution is -1.86. The molecule has 1 rings (SSSR count). The lowest BCUT2D eigenvalue weighted by molar-refractivity contribution is 0.488. The Bertz CT molecular complexity index is 122. The van der Waals surface area contributed by atoms with E-state index in [2.05, 4.69) is 11.6 Å². The highest BCUT2D eigenvalue weighted by Gasteiger charge is 2.04. The van der Waals surface area contributed by atoms with Crippen molar-refractivity contribution in [2.24, 2.45) is 4.99 Å². The molecule has 1 aliphatic rings. The number of hydrogen-bond acceptors (Lipinski definition) is 3. The Kier molecular flexibility index (Phi) is 1.97. The first-order valence-corrected chi connectivity index (χ1v) is 3.37. The zero-order chi connectivity index (χ0) is 5.82. The van der Waals surface area contributed by atoms with Crippen molar-refractivity contribution in [3.05, 3.63) is 12.8 Å². The van der Waals surface area contributed by atoms with E-state index in [1.165, 1.54) is 6.26 Å². The van der Waals surface area contributed by atoms with Gasteiger partial charge in [-0.05, 0) is 0 Å². The third-order valence-electron chi connectivity index (χ3n) is 0.742. The van der Waals surface area contributed by atoms with Gasteiger partial charge in [0.1, 0.15) is 0 Å². The molecule has 0 bridgehead atoms. The van der Waals surface area contributed by atoms with Crippen molar-refractivity contribution in [3.8, 4) is 0 Å². The second-order valence-corrected chi connectivity index (χ2v) is 2.33. The first kappa shape index (κ1) is 5.69. The zero-order valence-corrected chi connectivity index (χ0v) is 5.28. The molecule has 0 fully saturated rings. The van der Waals surface area contributed by atoms with E-state index in [4.69, 9.17) is 4.74 Å². The minimum Gasteiger partial charge on any atom is -0.443 e. The van der Waals surface area contributed by atoms with Crippen LogP contribution in [0.5, 0.6) is 0 Å². The lowest BCUT2D eigenvalue weighted by Gasteiger charge is -1.91. The van der Waals surface area contributed by atoms with Gasteiger partial charge in [0.2, 0.25) is 0 Å². The molecule has 0 aromatic heterocycles. The molecule has 0 N–H and O–H groups in total. The van der Waals surface area contributed by atoms with Crippen LogP contribution in [0.4, 0.5) is 0 Å². The molecule has 0 radical (unpaired) electrons. The molecule has 0 saturated heterocycles. The summed E-state index contributed by atoms with van der Waals surface area (Å²) in [6.07, 6.45) is 1.40. The maximum absolute atomic E-state index is 4.88. The van der Waals surface area contributed by atoms with Crippen molar-refractivity contribution >= 4 is 17.0 Å². The van der Waals surface area contributed by atoms with Gasteiger partial charge in [0, 0.05) is 5.75 Å². The van der Waals surface area contributed by atoms with Crippen molar-refractivity contribution in [1.29, 1.82) is 0 Å². The van der Waals surface area contributed by atoms with E-state index < -0.39 is 0 Å². The Hall–Kier alpha value is -0.440. The van der Waals surface area contributed by atoms with Crippen LogP contribution in [0, 0.1) is 0 Å². The van der Waals surface area contributed by atoms with Gasteiger partial charge in [0.25, 0.3) is 5.23 Å². The number of hydrogen-bond donors (Lipinski definition) is 0. The van der Waals surface area contributed by atoms with Crippen molar-refractivity contribution in [2.45, 2.75) is 0 Å². The fourth-order valence-electron chi connectivity index (χ4n) is 0.458. The van der Waals surface area contributed by atoms with E-state index in [1.807, 2.05) is 0 Å². The van der Waals surface area contributed by atoms with Crippen LogP contribution in [0.1, 0.15) is 0 Å². The summed E-state index contributed by atoms with van der Waals surface area (Å²) in [7, 11) is 0. The highest BCUT2D eigenvalue weighted by atomic mass is 32.2. The van der Waals surface area contributed by atoms with Crippen LogP contribution in [0.2, 0.25) is 0 Å². The van der Waals surface area contributed by atoms with E-state index in [9.17, 15) is 0 Å². The van der Waals surface area contributed by atoms with Gasteiger partial charge in [-0.3, -0.25) is 0 Å². The first-order valence-electron chi connectivity index (χ1n) is 2.38. The third kappa shape index (κ3) is 1.26. The Morgan fingerprint density at radius 3 is 3.25 bits per heavy atom. The van der Waals surface area contributed by atoms with Gasteiger partial charge in [0.15, 0.2) is 0 Å². The molecule has 1 aliphatic heterocycles. The summed E-state index contributed by atoms with van der Waals surface area (Å²) >= 11 is 1.62. The molecule has 3 heteroatoms. The van der Waals surface area contributed by atoms with Crippen LogP contribution in [-0.4, -0.2) is 17.5 Å². The lowest BCUT2D eigenvalue weighted by atomic mass is 10.8. The molecule has 8 heavy (non-hydrogen) atoms. The van der Waals surface area contributed by atoms with Gasteiger partial charge in [-0.15, -0.1) is 0 Å². The molecule has 0 saturated carbocycles. The molecule has 0 aromatic carbocycles. The van der Waals surface area contributed by atoms with E-state index in [-0.39, 0.29) is 0 Å². The predicted octanol–water partition coefficient (Wildman–Crippen LogP) is 1.25. The summed E-state index contributed by atoms with van der Waals surface area (Å²) in [4.78, 5) is 4.01. The predicted molar refractivity (Wildman–Crippen MR) is 36.0 cm³/mol. The SMILES string of the molecule is C=COC1=NCCS1. The van der Waals surface area contributed by atoms with Gasteiger partial charge in [0.05, 0.1) is 12.8 Å². The smallest absolute Gasteiger partial charge is 0.250 e. The minimum atomic E-state index is 0.750. The van der Waals surface area contributed by atoms with Crippen LogP contribution < -0.4 is 0 Å². The zero-order valence-electron chi connectivity index (χ0n) is 4.46. The summed E-state index contributed by atoms with van der Waals surface area (Å²) < 4.78 is 4.88. The Morgan fingerprint density at radius 1 is 1.88 bits per heavy atom. The Morgan fingerprint density at radius 2 is 2.75 bits per heavy atom. The summed E-state index contributed by atoms with van der Waals surface area (Å²) in [6, 6.07) is 0. The second-order valence-electron chi connectivity index (χ2n) is 1.28. The number of aliphatic imine (C=N–C) groups is 1. The normalized spacial score (nSPS) is 17.8. The van der Waals surface area contributed by atoms with Crippen molar-refractivity contribution in [1.82, 2.24) is 0 Å². The Labute approximate surface area is 52.6 Å². The third-order valence-corrected chi connectivity index (χ3v) is 1.60. The molecule has 44 valence electrons. The quantitative estimate of drug-likeness (QED) is 0.497. The fraction of sp³-hybridized carbons (Fsp3) is 0.400. The average molecular weight is 129 g/mol. The molecule has 2 nitrogen and oxygen atoms in total. The van der Waals surface area contributed by atoms with Crippen LogP contribution in [0.25, 0.3) is 0 Å². The highest BCUT2D eigenvalue weighted by molar-refractivity contribution is 8.13. The molecule has 0 spiro atoms. The molecule has 1 heterocycles. The first-order chi connectivity index (χ1) is 3.93. The van der Waals surface area contributed by atoms with Crippen LogP contribution in [0.15, 0.2) is 17.8 Å². The summed E-state index contributed by atoms with van der Waals surface area (Å²) in [5.74, 6) is 1.04. The molecular weight excluding hydrogens is 122 g/mol. The van der Waals surface area contributed by atoms with Gasteiger partial charge in [-0.25, -0.2) is 4.99 Å². The highest BCUT2D eigenvalue weighted by Crippen LogP contribution is 2.11. The maximum atomic E-state index is 4.88.